The Morgan fingerprint density at radius 1 is 0.857 bits per heavy atom. The maximum atomic E-state index is 13.4. The minimum absolute atomic E-state index is 0.0124. The van der Waals surface area contributed by atoms with E-state index in [4.69, 9.17) is 5.73 Å². The van der Waals surface area contributed by atoms with Gasteiger partial charge in [-0.3, -0.25) is 14.4 Å². The first-order chi connectivity index (χ1) is 19.9. The van der Waals surface area contributed by atoms with Crippen molar-refractivity contribution in [2.75, 3.05) is 0 Å². The van der Waals surface area contributed by atoms with Gasteiger partial charge in [-0.15, -0.1) is 0 Å². The molecule has 226 valence electrons. The molecule has 0 aliphatic carbocycles. The van der Waals surface area contributed by atoms with Crippen LogP contribution in [-0.4, -0.2) is 63.1 Å². The number of aromatic amines is 1. The fraction of sp³-hybridized carbons (Fsp3) is 0.419. The quantitative estimate of drug-likeness (QED) is 0.152. The number of hydrogen-bond acceptors (Lipinski definition) is 6. The van der Waals surface area contributed by atoms with Crippen LogP contribution in [0.25, 0.3) is 10.9 Å². The van der Waals surface area contributed by atoms with Gasteiger partial charge in [0.05, 0.1) is 6.04 Å². The number of phenols is 1. The number of nitrogens with one attached hydrogen (secondary N) is 4. The lowest BCUT2D eigenvalue weighted by Crippen LogP contribution is -2.60. The van der Waals surface area contributed by atoms with Gasteiger partial charge >= 0.3 is 5.97 Å². The predicted molar refractivity (Wildman–Crippen MR) is 160 cm³/mol. The minimum Gasteiger partial charge on any atom is -0.508 e. The number of nitrogens with two attached hydrogens (primary N) is 1. The zero-order chi connectivity index (χ0) is 31.0. The molecule has 5 atom stereocenters. The fourth-order valence-corrected chi connectivity index (χ4v) is 4.70. The van der Waals surface area contributed by atoms with E-state index in [9.17, 15) is 29.4 Å². The van der Waals surface area contributed by atoms with Crippen LogP contribution in [0.2, 0.25) is 0 Å². The Balaban J connectivity index is 1.69. The summed E-state index contributed by atoms with van der Waals surface area (Å²) in [5.41, 5.74) is 8.65. The highest BCUT2D eigenvalue weighted by Crippen LogP contribution is 2.19. The van der Waals surface area contributed by atoms with Gasteiger partial charge in [0.25, 0.3) is 0 Å². The largest absolute Gasteiger partial charge is 0.508 e. The number of phenolic OH excluding ortho intramolecular Hbond substituents is 1. The van der Waals surface area contributed by atoms with E-state index in [2.05, 4.69) is 20.9 Å². The van der Waals surface area contributed by atoms with Crippen molar-refractivity contribution in [3.8, 4) is 5.75 Å². The zero-order valence-electron chi connectivity index (χ0n) is 24.4. The van der Waals surface area contributed by atoms with Gasteiger partial charge < -0.3 is 36.9 Å². The molecule has 11 nitrogen and oxygen atoms in total. The van der Waals surface area contributed by atoms with Gasteiger partial charge in [0, 0.05) is 23.5 Å². The molecule has 3 aromatic rings. The molecule has 2 aromatic carbocycles. The number of carboxylic acid groups (broad SMARTS) is 1. The number of para-hydroxylation sites is 1. The van der Waals surface area contributed by atoms with Crippen molar-refractivity contribution in [1.29, 1.82) is 0 Å². The van der Waals surface area contributed by atoms with E-state index in [0.29, 0.717) is 12.0 Å². The van der Waals surface area contributed by atoms with Gasteiger partial charge in [-0.2, -0.15) is 0 Å². The summed E-state index contributed by atoms with van der Waals surface area (Å²) in [5.74, 6) is -3.56. The molecule has 0 bridgehead atoms. The summed E-state index contributed by atoms with van der Waals surface area (Å²) in [5, 5.41) is 28.2. The third-order valence-electron chi connectivity index (χ3n) is 7.48. The first-order valence-electron chi connectivity index (χ1n) is 14.1. The average Bonchev–Trinajstić information content (AvgIpc) is 3.36. The van der Waals surface area contributed by atoms with E-state index in [1.165, 1.54) is 12.1 Å². The van der Waals surface area contributed by atoms with Crippen molar-refractivity contribution in [2.24, 2.45) is 17.6 Å². The maximum absolute atomic E-state index is 13.4. The molecule has 42 heavy (non-hydrogen) atoms. The van der Waals surface area contributed by atoms with E-state index >= 15 is 0 Å². The summed E-state index contributed by atoms with van der Waals surface area (Å²) in [6.07, 6.45) is 2.59. The van der Waals surface area contributed by atoms with Crippen LogP contribution in [0.4, 0.5) is 0 Å². The Morgan fingerprint density at radius 3 is 2.10 bits per heavy atom. The lowest BCUT2D eigenvalue weighted by atomic mass is 9.95. The molecular weight excluding hydrogens is 538 g/mol. The predicted octanol–water partition coefficient (Wildman–Crippen LogP) is 2.23. The molecule has 3 amide bonds. The first-order valence-corrected chi connectivity index (χ1v) is 14.1. The second kappa shape index (κ2) is 14.5. The minimum atomic E-state index is -1.26. The number of H-pyrrole nitrogens is 1. The number of carbonyl (C=O) groups excluding carboxylic acids is 3. The summed E-state index contributed by atoms with van der Waals surface area (Å²) < 4.78 is 0. The molecule has 8 N–H and O–H groups in total. The number of benzene rings is 2. The number of carbonyl (C=O) groups is 4. The molecule has 0 aliphatic rings. The Morgan fingerprint density at radius 2 is 1.48 bits per heavy atom. The van der Waals surface area contributed by atoms with Crippen LogP contribution in [0.1, 0.15) is 45.2 Å². The molecule has 0 fully saturated rings. The lowest BCUT2D eigenvalue weighted by molar-refractivity contribution is -0.142. The molecule has 1 heterocycles. The van der Waals surface area contributed by atoms with Crippen LogP contribution < -0.4 is 21.7 Å². The van der Waals surface area contributed by atoms with Gasteiger partial charge in [-0.1, -0.05) is 64.4 Å². The zero-order valence-corrected chi connectivity index (χ0v) is 24.4. The fourth-order valence-electron chi connectivity index (χ4n) is 4.70. The number of rotatable bonds is 14. The van der Waals surface area contributed by atoms with E-state index < -0.39 is 47.9 Å². The molecule has 0 radical (unpaired) electrons. The van der Waals surface area contributed by atoms with Gasteiger partial charge in [0.2, 0.25) is 17.7 Å². The number of carboxylic acids is 1. The number of aromatic nitrogens is 1. The van der Waals surface area contributed by atoms with Crippen molar-refractivity contribution in [2.45, 2.75) is 71.1 Å². The van der Waals surface area contributed by atoms with E-state index in [1.807, 2.05) is 37.4 Å². The monoisotopic (exact) mass is 579 g/mol. The Kier molecular flexibility index (Phi) is 11.1. The normalized spacial score (nSPS) is 14.9. The summed E-state index contributed by atoms with van der Waals surface area (Å²) in [4.78, 5) is 54.9. The number of aromatic hydroxyl groups is 1. The second-order valence-electron chi connectivity index (χ2n) is 11.0. The Labute approximate surface area is 245 Å². The van der Waals surface area contributed by atoms with Crippen molar-refractivity contribution in [3.05, 3.63) is 65.9 Å². The molecule has 1 aromatic heterocycles. The summed E-state index contributed by atoms with van der Waals surface area (Å²) in [6.45, 7) is 7.17. The Hall–Kier alpha value is -4.38. The van der Waals surface area contributed by atoms with Crippen LogP contribution in [0, 0.1) is 11.8 Å². The standard InChI is InChI=1S/C31H41N5O6/c1-5-18(4)27(30(40)34-25(31(41)42)14-19-10-12-21(37)13-11-19)36-29(39)26(17(2)3)35-28(38)23(32)15-20-16-33-24-9-7-6-8-22(20)24/h6-13,16-18,23,25-27,33,37H,5,14-15,32H2,1-4H3,(H,34,40)(H,35,38)(H,36,39)(H,41,42). The van der Waals surface area contributed by atoms with Crippen molar-refractivity contribution in [3.63, 3.8) is 0 Å². The van der Waals surface area contributed by atoms with Gasteiger partial charge in [0.1, 0.15) is 23.9 Å². The van der Waals surface area contributed by atoms with Crippen molar-refractivity contribution < 1.29 is 29.4 Å². The molecule has 5 unspecified atom stereocenters. The third kappa shape index (κ3) is 8.32. The number of hydrogen-bond donors (Lipinski definition) is 7. The van der Waals surface area contributed by atoms with E-state index in [0.717, 1.165) is 16.5 Å². The van der Waals surface area contributed by atoms with Gasteiger partial charge in [-0.25, -0.2) is 4.79 Å². The highest BCUT2D eigenvalue weighted by molar-refractivity contribution is 5.94. The maximum Gasteiger partial charge on any atom is 0.326 e. The highest BCUT2D eigenvalue weighted by Gasteiger charge is 2.34. The SMILES string of the molecule is CCC(C)C(NC(=O)C(NC(=O)C(N)Cc1c[nH]c2ccccc12)C(C)C)C(=O)NC(Cc1ccc(O)cc1)C(=O)O. The highest BCUT2D eigenvalue weighted by atomic mass is 16.4. The molecule has 0 aliphatic heterocycles. The topological polar surface area (TPSA) is 187 Å². The molecule has 0 saturated heterocycles. The number of fused-ring (bicyclic) bond motifs is 1. The number of amides is 3. The molecule has 0 spiro atoms. The smallest absolute Gasteiger partial charge is 0.326 e. The molecule has 11 heteroatoms. The van der Waals surface area contributed by atoms with Crippen molar-refractivity contribution >= 4 is 34.6 Å². The van der Waals surface area contributed by atoms with Gasteiger partial charge in [0.15, 0.2) is 0 Å². The van der Waals surface area contributed by atoms with E-state index in [-0.39, 0.29) is 30.4 Å². The second-order valence-corrected chi connectivity index (χ2v) is 11.0. The molecular formula is C31H41N5O6. The molecule has 0 saturated carbocycles. The van der Waals surface area contributed by atoms with Crippen LogP contribution in [-0.2, 0) is 32.0 Å². The summed E-state index contributed by atoms with van der Waals surface area (Å²) in [6, 6.07) is 9.52. The van der Waals surface area contributed by atoms with Gasteiger partial charge in [-0.05, 0) is 47.6 Å². The average molecular weight is 580 g/mol. The first kappa shape index (κ1) is 32.1. The Bertz CT molecular complexity index is 1390. The van der Waals surface area contributed by atoms with Crippen LogP contribution >= 0.6 is 0 Å². The summed E-state index contributed by atoms with van der Waals surface area (Å²) in [7, 11) is 0. The van der Waals surface area contributed by atoms with Crippen molar-refractivity contribution in [1.82, 2.24) is 20.9 Å². The van der Waals surface area contributed by atoms with Crippen LogP contribution in [0.5, 0.6) is 5.75 Å². The third-order valence-corrected chi connectivity index (χ3v) is 7.48. The molecule has 3 rings (SSSR count). The lowest BCUT2D eigenvalue weighted by Gasteiger charge is -2.29. The van der Waals surface area contributed by atoms with Crippen LogP contribution in [0.3, 0.4) is 0 Å². The van der Waals surface area contributed by atoms with Crippen LogP contribution in [0.15, 0.2) is 54.7 Å². The van der Waals surface area contributed by atoms with E-state index in [1.54, 1.807) is 32.9 Å². The summed E-state index contributed by atoms with van der Waals surface area (Å²) >= 11 is 0. The number of aliphatic carboxylic acids is 1.